The number of nitrogens with two attached hydrogens (primary N) is 1. The number of sulfonamides is 1. The van der Waals surface area contributed by atoms with E-state index in [2.05, 4.69) is 9.82 Å². The zero-order valence-electron chi connectivity index (χ0n) is 11.7. The summed E-state index contributed by atoms with van der Waals surface area (Å²) in [6.07, 6.45) is 7.14. The summed E-state index contributed by atoms with van der Waals surface area (Å²) in [5.41, 5.74) is 5.75. The minimum Gasteiger partial charge on any atom is -0.329 e. The molecule has 1 atom stereocenters. The number of nitrogens with one attached hydrogen (secondary N) is 1. The molecule has 6 nitrogen and oxygen atoms in total. The van der Waals surface area contributed by atoms with Crippen molar-refractivity contribution in [2.75, 3.05) is 6.54 Å². The number of halogens is 1. The van der Waals surface area contributed by atoms with Crippen molar-refractivity contribution < 1.29 is 8.42 Å². The fraction of sp³-hybridized carbons (Fsp3) is 0.750. The molecule has 20 heavy (non-hydrogen) atoms. The molecule has 1 unspecified atom stereocenters. The summed E-state index contributed by atoms with van der Waals surface area (Å²) in [5, 5.41) is 4.08. The molecular formula is C12H23ClN4O2S. The van der Waals surface area contributed by atoms with Crippen LogP contribution in [0.4, 0.5) is 0 Å². The number of rotatable bonds is 5. The van der Waals surface area contributed by atoms with E-state index in [1.165, 1.54) is 23.4 Å². The van der Waals surface area contributed by atoms with Crippen LogP contribution >= 0.6 is 12.4 Å². The van der Waals surface area contributed by atoms with Gasteiger partial charge < -0.3 is 5.73 Å². The molecule has 3 N–H and O–H groups in total. The second-order valence-electron chi connectivity index (χ2n) is 5.15. The lowest BCUT2D eigenvalue weighted by molar-refractivity contribution is 0.293. The van der Waals surface area contributed by atoms with Gasteiger partial charge in [-0.3, -0.25) is 4.68 Å². The molecule has 0 aromatic carbocycles. The molecule has 1 heterocycles. The Morgan fingerprint density at radius 1 is 1.45 bits per heavy atom. The van der Waals surface area contributed by atoms with Crippen molar-refractivity contribution >= 4 is 22.4 Å². The van der Waals surface area contributed by atoms with Crippen LogP contribution in [0.2, 0.25) is 0 Å². The SMILES string of the molecule is Cl.Cn1nccc1S(=O)(=O)NC(CN)C1CCCCC1. The first kappa shape index (κ1) is 17.4. The zero-order valence-corrected chi connectivity index (χ0v) is 13.3. The van der Waals surface area contributed by atoms with Gasteiger partial charge in [0.15, 0.2) is 5.03 Å². The molecule has 1 aromatic heterocycles. The lowest BCUT2D eigenvalue weighted by Crippen LogP contribution is -2.46. The topological polar surface area (TPSA) is 90.0 Å². The summed E-state index contributed by atoms with van der Waals surface area (Å²) in [6.45, 7) is 0.335. The van der Waals surface area contributed by atoms with Gasteiger partial charge in [-0.05, 0) is 24.8 Å². The summed E-state index contributed by atoms with van der Waals surface area (Å²) in [6, 6.07) is 1.32. The van der Waals surface area contributed by atoms with Crippen LogP contribution in [0.1, 0.15) is 32.1 Å². The highest BCUT2D eigenvalue weighted by Gasteiger charge is 2.28. The number of aryl methyl sites for hydroxylation is 1. The Balaban J connectivity index is 0.00000200. The van der Waals surface area contributed by atoms with Crippen molar-refractivity contribution in [3.05, 3.63) is 12.3 Å². The summed E-state index contributed by atoms with van der Waals surface area (Å²) in [4.78, 5) is 0. The third-order valence-electron chi connectivity index (χ3n) is 3.83. The van der Waals surface area contributed by atoms with Gasteiger partial charge in [0.05, 0.1) is 6.20 Å². The van der Waals surface area contributed by atoms with E-state index in [4.69, 9.17) is 5.73 Å². The predicted octanol–water partition coefficient (Wildman–Crippen LogP) is 1.03. The number of nitrogens with zero attached hydrogens (tertiary/aromatic N) is 2. The molecular weight excluding hydrogens is 300 g/mol. The van der Waals surface area contributed by atoms with Gasteiger partial charge in [-0.1, -0.05) is 19.3 Å². The Kier molecular flexibility index (Phi) is 6.44. The van der Waals surface area contributed by atoms with Gasteiger partial charge in [-0.15, -0.1) is 12.4 Å². The molecule has 8 heteroatoms. The lowest BCUT2D eigenvalue weighted by Gasteiger charge is -2.29. The van der Waals surface area contributed by atoms with Gasteiger partial charge in [0.25, 0.3) is 10.0 Å². The summed E-state index contributed by atoms with van der Waals surface area (Å²) in [5.74, 6) is 0.349. The first-order valence-corrected chi connectivity index (χ1v) is 8.23. The maximum Gasteiger partial charge on any atom is 0.258 e. The molecule has 2 rings (SSSR count). The van der Waals surface area contributed by atoms with Crippen LogP contribution in [0, 0.1) is 5.92 Å². The van der Waals surface area contributed by atoms with Crippen LogP contribution in [-0.2, 0) is 17.1 Å². The van der Waals surface area contributed by atoms with Crippen molar-refractivity contribution in [3.63, 3.8) is 0 Å². The van der Waals surface area contributed by atoms with Crippen molar-refractivity contribution in [1.82, 2.24) is 14.5 Å². The highest BCUT2D eigenvalue weighted by atomic mass is 35.5. The van der Waals surface area contributed by atoms with E-state index in [0.29, 0.717) is 12.5 Å². The number of hydrogen-bond donors (Lipinski definition) is 2. The van der Waals surface area contributed by atoms with E-state index in [9.17, 15) is 8.42 Å². The molecule has 0 saturated heterocycles. The van der Waals surface area contributed by atoms with Gasteiger partial charge in [0, 0.05) is 19.6 Å². The number of hydrogen-bond acceptors (Lipinski definition) is 4. The van der Waals surface area contributed by atoms with Crippen LogP contribution in [-0.4, -0.2) is 30.8 Å². The Morgan fingerprint density at radius 3 is 2.60 bits per heavy atom. The molecule has 0 spiro atoms. The molecule has 116 valence electrons. The second-order valence-corrected chi connectivity index (χ2v) is 6.82. The first-order valence-electron chi connectivity index (χ1n) is 6.75. The highest BCUT2D eigenvalue weighted by Crippen LogP contribution is 2.26. The smallest absolute Gasteiger partial charge is 0.258 e. The van der Waals surface area contributed by atoms with Crippen LogP contribution in [0.15, 0.2) is 17.3 Å². The van der Waals surface area contributed by atoms with E-state index in [-0.39, 0.29) is 23.5 Å². The molecule has 1 aromatic rings. The Morgan fingerprint density at radius 2 is 2.10 bits per heavy atom. The highest BCUT2D eigenvalue weighted by molar-refractivity contribution is 7.89. The summed E-state index contributed by atoms with van der Waals surface area (Å²) >= 11 is 0. The molecule has 0 aliphatic heterocycles. The fourth-order valence-electron chi connectivity index (χ4n) is 2.76. The minimum atomic E-state index is -3.54. The summed E-state index contributed by atoms with van der Waals surface area (Å²) < 4.78 is 28.7. The Hall–Kier alpha value is -0.630. The van der Waals surface area contributed by atoms with Crippen LogP contribution in [0.5, 0.6) is 0 Å². The van der Waals surface area contributed by atoms with Crippen LogP contribution in [0.25, 0.3) is 0 Å². The predicted molar refractivity (Wildman–Crippen MR) is 80.2 cm³/mol. The number of aromatic nitrogens is 2. The van der Waals surface area contributed by atoms with Crippen molar-refractivity contribution in [3.8, 4) is 0 Å². The van der Waals surface area contributed by atoms with E-state index in [1.807, 2.05) is 0 Å². The molecule has 0 amide bonds. The van der Waals surface area contributed by atoms with Gasteiger partial charge in [-0.25, -0.2) is 13.1 Å². The minimum absolute atomic E-state index is 0. The standard InChI is InChI=1S/C12H22N4O2S.ClH/c1-16-12(7-8-14-16)19(17,18)15-11(9-13)10-5-3-2-4-6-10;/h7-8,10-11,15H,2-6,9,13H2,1H3;1H. The normalized spacial score (nSPS) is 18.5. The van der Waals surface area contributed by atoms with Gasteiger partial charge in [-0.2, -0.15) is 5.10 Å². The Bertz CT molecular complexity index is 511. The first-order chi connectivity index (χ1) is 9.04. The van der Waals surface area contributed by atoms with Gasteiger partial charge in [0.2, 0.25) is 0 Å². The molecule has 1 saturated carbocycles. The van der Waals surface area contributed by atoms with Crippen molar-refractivity contribution in [2.45, 2.75) is 43.2 Å². The third-order valence-corrected chi connectivity index (χ3v) is 5.39. The monoisotopic (exact) mass is 322 g/mol. The zero-order chi connectivity index (χ0) is 13.9. The molecule has 1 fully saturated rings. The molecule has 0 radical (unpaired) electrons. The van der Waals surface area contributed by atoms with Gasteiger partial charge >= 0.3 is 0 Å². The van der Waals surface area contributed by atoms with E-state index in [0.717, 1.165) is 25.7 Å². The molecule has 1 aliphatic carbocycles. The second kappa shape index (κ2) is 7.40. The van der Waals surface area contributed by atoms with Gasteiger partial charge in [0.1, 0.15) is 0 Å². The Labute approximate surface area is 126 Å². The largest absolute Gasteiger partial charge is 0.329 e. The fourth-order valence-corrected chi connectivity index (χ4v) is 4.20. The van der Waals surface area contributed by atoms with E-state index in [1.54, 1.807) is 7.05 Å². The van der Waals surface area contributed by atoms with Crippen LogP contribution < -0.4 is 10.5 Å². The maximum absolute atomic E-state index is 12.3. The maximum atomic E-state index is 12.3. The third kappa shape index (κ3) is 3.94. The van der Waals surface area contributed by atoms with E-state index >= 15 is 0 Å². The molecule has 0 bridgehead atoms. The lowest BCUT2D eigenvalue weighted by atomic mass is 9.84. The average molecular weight is 323 g/mol. The quantitative estimate of drug-likeness (QED) is 0.847. The van der Waals surface area contributed by atoms with Crippen LogP contribution in [0.3, 0.4) is 0 Å². The molecule has 1 aliphatic rings. The summed E-state index contributed by atoms with van der Waals surface area (Å²) in [7, 11) is -1.92. The van der Waals surface area contributed by atoms with E-state index < -0.39 is 10.0 Å². The average Bonchev–Trinajstić information content (AvgIpc) is 2.84. The van der Waals surface area contributed by atoms with Crippen molar-refractivity contribution in [2.24, 2.45) is 18.7 Å². The van der Waals surface area contributed by atoms with Crippen molar-refractivity contribution in [1.29, 1.82) is 0 Å².